The molecule has 8 heteroatoms. The SMILES string of the molecule is CCCc1noc2nc(-c3ccco3)cc(C(=O)N(C)CCNC)c12.Cl. The van der Waals surface area contributed by atoms with Gasteiger partial charge in [0, 0.05) is 20.1 Å². The highest BCUT2D eigenvalue weighted by Gasteiger charge is 2.23. The number of hydrogen-bond donors (Lipinski definition) is 1. The number of aryl methyl sites for hydroxylation is 1. The number of rotatable bonds is 7. The molecule has 1 N–H and O–H groups in total. The number of pyridine rings is 1. The number of carbonyl (C=O) groups excluding carboxylic acids is 1. The van der Waals surface area contributed by atoms with Crippen molar-refractivity contribution in [3.05, 3.63) is 35.7 Å². The first-order valence-electron chi connectivity index (χ1n) is 8.39. The number of halogens is 1. The van der Waals surface area contributed by atoms with Gasteiger partial charge in [0.1, 0.15) is 5.69 Å². The van der Waals surface area contributed by atoms with E-state index in [-0.39, 0.29) is 18.3 Å². The van der Waals surface area contributed by atoms with Crippen LogP contribution in [0.4, 0.5) is 0 Å². The number of fused-ring (bicyclic) bond motifs is 1. The van der Waals surface area contributed by atoms with Crippen molar-refractivity contribution >= 4 is 29.4 Å². The van der Waals surface area contributed by atoms with Crippen LogP contribution in [0.2, 0.25) is 0 Å². The third-order valence-electron chi connectivity index (χ3n) is 4.05. The van der Waals surface area contributed by atoms with E-state index in [2.05, 4.69) is 22.4 Å². The molecule has 3 aromatic rings. The molecule has 3 rings (SSSR count). The summed E-state index contributed by atoms with van der Waals surface area (Å²) in [5, 5.41) is 7.86. The Balaban J connectivity index is 0.00000243. The van der Waals surface area contributed by atoms with Crippen LogP contribution in [0.25, 0.3) is 22.6 Å². The van der Waals surface area contributed by atoms with Crippen molar-refractivity contribution < 1.29 is 13.7 Å². The maximum Gasteiger partial charge on any atom is 0.259 e. The van der Waals surface area contributed by atoms with E-state index in [1.54, 1.807) is 36.4 Å². The van der Waals surface area contributed by atoms with Gasteiger partial charge in [-0.1, -0.05) is 18.5 Å². The molecule has 0 saturated heterocycles. The van der Waals surface area contributed by atoms with Crippen LogP contribution in [-0.4, -0.2) is 48.1 Å². The topological polar surface area (TPSA) is 84.4 Å². The highest BCUT2D eigenvalue weighted by atomic mass is 35.5. The first-order valence-corrected chi connectivity index (χ1v) is 8.39. The average molecular weight is 379 g/mol. The molecule has 0 radical (unpaired) electrons. The van der Waals surface area contributed by atoms with Crippen molar-refractivity contribution in [3.63, 3.8) is 0 Å². The zero-order chi connectivity index (χ0) is 17.8. The number of hydrogen-bond acceptors (Lipinski definition) is 6. The van der Waals surface area contributed by atoms with E-state index in [4.69, 9.17) is 8.94 Å². The largest absolute Gasteiger partial charge is 0.463 e. The lowest BCUT2D eigenvalue weighted by molar-refractivity contribution is 0.0798. The van der Waals surface area contributed by atoms with E-state index in [1.165, 1.54) is 0 Å². The van der Waals surface area contributed by atoms with Crippen molar-refractivity contribution in [2.45, 2.75) is 19.8 Å². The minimum absolute atomic E-state index is 0. The molecule has 0 fully saturated rings. The molecule has 0 unspecified atom stereocenters. The molecule has 0 atom stereocenters. The third kappa shape index (κ3) is 3.89. The van der Waals surface area contributed by atoms with Gasteiger partial charge in [0.2, 0.25) is 0 Å². The van der Waals surface area contributed by atoms with Gasteiger partial charge in [0.15, 0.2) is 5.76 Å². The molecule has 1 amide bonds. The van der Waals surface area contributed by atoms with Gasteiger partial charge in [0.25, 0.3) is 11.6 Å². The van der Waals surface area contributed by atoms with Crippen molar-refractivity contribution in [3.8, 4) is 11.5 Å². The number of amides is 1. The van der Waals surface area contributed by atoms with Crippen LogP contribution in [0, 0.1) is 0 Å². The van der Waals surface area contributed by atoms with Gasteiger partial charge in [-0.05, 0) is 31.7 Å². The smallest absolute Gasteiger partial charge is 0.259 e. The lowest BCUT2D eigenvalue weighted by atomic mass is 10.1. The quantitative estimate of drug-likeness (QED) is 0.679. The molecule has 0 saturated carbocycles. The maximum absolute atomic E-state index is 13.0. The summed E-state index contributed by atoms with van der Waals surface area (Å²) in [5.41, 5.74) is 2.23. The van der Waals surface area contributed by atoms with E-state index < -0.39 is 0 Å². The van der Waals surface area contributed by atoms with Crippen molar-refractivity contribution in [1.29, 1.82) is 0 Å². The van der Waals surface area contributed by atoms with Crippen molar-refractivity contribution in [2.24, 2.45) is 0 Å². The monoisotopic (exact) mass is 378 g/mol. The number of carbonyl (C=O) groups is 1. The molecule has 7 nitrogen and oxygen atoms in total. The molecule has 140 valence electrons. The summed E-state index contributed by atoms with van der Waals surface area (Å²) in [4.78, 5) is 19.2. The number of furan rings is 1. The molecule has 3 heterocycles. The number of aromatic nitrogens is 2. The normalized spacial score (nSPS) is 10.7. The molecule has 0 aliphatic carbocycles. The van der Waals surface area contributed by atoms with E-state index in [0.29, 0.717) is 41.2 Å². The van der Waals surface area contributed by atoms with Gasteiger partial charge in [-0.3, -0.25) is 4.79 Å². The third-order valence-corrected chi connectivity index (χ3v) is 4.05. The fourth-order valence-electron chi connectivity index (χ4n) is 2.72. The molecular formula is C18H23ClN4O3. The van der Waals surface area contributed by atoms with Crippen LogP contribution in [0.15, 0.2) is 33.4 Å². The molecule has 0 spiro atoms. The Labute approximate surface area is 158 Å². The van der Waals surface area contributed by atoms with E-state index in [9.17, 15) is 4.79 Å². The highest BCUT2D eigenvalue weighted by Crippen LogP contribution is 2.28. The average Bonchev–Trinajstić information content (AvgIpc) is 3.29. The van der Waals surface area contributed by atoms with E-state index >= 15 is 0 Å². The molecule has 0 aliphatic heterocycles. The van der Waals surface area contributed by atoms with E-state index in [0.717, 1.165) is 18.5 Å². The summed E-state index contributed by atoms with van der Waals surface area (Å²) < 4.78 is 10.8. The lowest BCUT2D eigenvalue weighted by Gasteiger charge is -2.17. The highest BCUT2D eigenvalue weighted by molar-refractivity contribution is 6.06. The van der Waals surface area contributed by atoms with E-state index in [1.807, 2.05) is 7.05 Å². The second-order valence-corrected chi connectivity index (χ2v) is 5.92. The Bertz CT molecular complexity index is 861. The van der Waals surface area contributed by atoms with Crippen LogP contribution in [0.5, 0.6) is 0 Å². The Morgan fingerprint density at radius 2 is 2.19 bits per heavy atom. The minimum Gasteiger partial charge on any atom is -0.463 e. The fraction of sp³-hybridized carbons (Fsp3) is 0.389. The number of likely N-dealkylation sites (N-methyl/N-ethyl adjacent to an activating group) is 2. The molecule has 0 bridgehead atoms. The van der Waals surface area contributed by atoms with Crippen LogP contribution in [0.1, 0.15) is 29.4 Å². The second kappa shape index (κ2) is 8.82. The standard InChI is InChI=1S/C18H22N4O3.ClH/c1-4-6-13-16-12(18(23)22(3)9-8-19-2)11-14(15-7-5-10-24-15)20-17(16)25-21-13;/h5,7,10-11,19H,4,6,8-9H2,1-3H3;1H. The minimum atomic E-state index is -0.0870. The predicted molar refractivity (Wildman–Crippen MR) is 102 cm³/mol. The Hall–Kier alpha value is -2.38. The van der Waals surface area contributed by atoms with Crippen molar-refractivity contribution in [1.82, 2.24) is 20.4 Å². The van der Waals surface area contributed by atoms with Gasteiger partial charge >= 0.3 is 0 Å². The van der Waals surface area contributed by atoms with Crippen LogP contribution in [0.3, 0.4) is 0 Å². The summed E-state index contributed by atoms with van der Waals surface area (Å²) in [6.07, 6.45) is 3.21. The first kappa shape index (κ1) is 19.9. The zero-order valence-corrected chi connectivity index (χ0v) is 15.9. The summed E-state index contributed by atoms with van der Waals surface area (Å²) in [7, 11) is 3.64. The Kier molecular flexibility index (Phi) is 6.76. The van der Waals surface area contributed by atoms with Crippen LogP contribution < -0.4 is 5.32 Å². The second-order valence-electron chi connectivity index (χ2n) is 5.92. The predicted octanol–water partition coefficient (Wildman–Crippen LogP) is 3.15. The molecule has 0 aromatic carbocycles. The van der Waals surface area contributed by atoms with Gasteiger partial charge in [-0.15, -0.1) is 12.4 Å². The zero-order valence-electron chi connectivity index (χ0n) is 15.1. The summed E-state index contributed by atoms with van der Waals surface area (Å²) in [6, 6.07) is 5.34. The van der Waals surface area contributed by atoms with Gasteiger partial charge in [-0.2, -0.15) is 0 Å². The summed E-state index contributed by atoms with van der Waals surface area (Å²) >= 11 is 0. The Morgan fingerprint density at radius 3 is 2.85 bits per heavy atom. The fourth-order valence-corrected chi connectivity index (χ4v) is 2.72. The van der Waals surface area contributed by atoms with Gasteiger partial charge < -0.3 is 19.2 Å². The summed E-state index contributed by atoms with van der Waals surface area (Å²) in [6.45, 7) is 3.38. The van der Waals surface area contributed by atoms with Gasteiger partial charge in [0.05, 0.1) is 22.9 Å². The summed E-state index contributed by atoms with van der Waals surface area (Å²) in [5.74, 6) is 0.498. The Morgan fingerprint density at radius 1 is 1.38 bits per heavy atom. The maximum atomic E-state index is 13.0. The molecule has 26 heavy (non-hydrogen) atoms. The molecule has 3 aromatic heterocycles. The molecule has 0 aliphatic rings. The van der Waals surface area contributed by atoms with Crippen LogP contribution in [-0.2, 0) is 6.42 Å². The first-order chi connectivity index (χ1) is 12.2. The lowest BCUT2D eigenvalue weighted by Crippen LogP contribution is -2.33. The van der Waals surface area contributed by atoms with Crippen LogP contribution >= 0.6 is 12.4 Å². The van der Waals surface area contributed by atoms with Gasteiger partial charge in [-0.25, -0.2) is 4.98 Å². The number of nitrogens with zero attached hydrogens (tertiary/aromatic N) is 3. The number of nitrogens with one attached hydrogen (secondary N) is 1. The molecular weight excluding hydrogens is 356 g/mol. The van der Waals surface area contributed by atoms with Crippen molar-refractivity contribution in [2.75, 3.05) is 27.2 Å².